The van der Waals surface area contributed by atoms with Gasteiger partial charge in [0.2, 0.25) is 0 Å². The first kappa shape index (κ1) is 31.5. The van der Waals surface area contributed by atoms with E-state index < -0.39 is 0 Å². The Morgan fingerprint density at radius 3 is 1.38 bits per heavy atom. The van der Waals surface area contributed by atoms with Crippen LogP contribution in [0, 0.1) is 0 Å². The molecule has 0 saturated heterocycles. The maximum atomic E-state index is 5.03. The van der Waals surface area contributed by atoms with Gasteiger partial charge in [-0.05, 0) is 72.8 Å². The zero-order valence-corrected chi connectivity index (χ0v) is 30.5. The Balaban J connectivity index is 1.10. The van der Waals surface area contributed by atoms with Crippen molar-refractivity contribution in [3.63, 3.8) is 0 Å². The molecule has 11 rings (SSSR count). The lowest BCUT2D eigenvalue weighted by atomic mass is 9.90. The Labute approximate surface area is 321 Å². The van der Waals surface area contributed by atoms with Gasteiger partial charge in [0.15, 0.2) is 17.5 Å². The molecule has 0 radical (unpaired) electrons. The topological polar surface area (TPSA) is 38.7 Å². The smallest absolute Gasteiger partial charge is 0.164 e. The summed E-state index contributed by atoms with van der Waals surface area (Å²) in [4.78, 5) is 15.0. The minimum Gasteiger partial charge on any atom is -0.208 e. The van der Waals surface area contributed by atoms with Gasteiger partial charge in [0.25, 0.3) is 0 Å². The molecule has 11 aromatic rings. The Kier molecular flexibility index (Phi) is 7.35. The Bertz CT molecular complexity index is 3170. The first-order valence-corrected chi connectivity index (χ1v) is 19.3. The predicted octanol–water partition coefficient (Wildman–Crippen LogP) is 14.0. The quantitative estimate of drug-likeness (QED) is 0.166. The molecule has 0 aliphatic rings. The average molecular weight is 718 g/mol. The molecule has 0 spiro atoms. The Morgan fingerprint density at radius 2 is 0.745 bits per heavy atom. The summed E-state index contributed by atoms with van der Waals surface area (Å²) < 4.78 is 2.54. The molecule has 0 saturated carbocycles. The van der Waals surface area contributed by atoms with Gasteiger partial charge in [-0.25, -0.2) is 15.0 Å². The fourth-order valence-electron chi connectivity index (χ4n) is 8.13. The van der Waals surface area contributed by atoms with Gasteiger partial charge < -0.3 is 0 Å². The van der Waals surface area contributed by atoms with Gasteiger partial charge in [-0.15, -0.1) is 11.3 Å². The Morgan fingerprint density at radius 1 is 0.291 bits per heavy atom. The summed E-state index contributed by atoms with van der Waals surface area (Å²) in [6, 6.07) is 66.9. The summed E-state index contributed by atoms with van der Waals surface area (Å²) in [5.74, 6) is 1.96. The van der Waals surface area contributed by atoms with Crippen LogP contribution in [0.2, 0.25) is 0 Å². The molecule has 0 aliphatic carbocycles. The molecule has 3 nitrogen and oxygen atoms in total. The van der Waals surface area contributed by atoms with Gasteiger partial charge in [-0.2, -0.15) is 0 Å². The van der Waals surface area contributed by atoms with Crippen LogP contribution in [-0.4, -0.2) is 15.0 Å². The van der Waals surface area contributed by atoms with Crippen LogP contribution in [0.4, 0.5) is 0 Å². The number of benzene rings is 9. The van der Waals surface area contributed by atoms with Crippen molar-refractivity contribution in [2.75, 3.05) is 0 Å². The standard InChI is InChI=1S/C51H31N3S/c1-3-14-32(15-4-1)49-52-50(33-16-5-2-6-17-33)54-51(53-49)36-19-13-18-34(30-36)38-29-28-37(47-44-24-11-12-25-46(44)55-48(38)47)35-26-27-43-41-22-8-7-20-39(41)40-21-9-10-23-42(40)45(43)31-35/h1-31H. The van der Waals surface area contributed by atoms with Gasteiger partial charge in [-0.3, -0.25) is 0 Å². The maximum absolute atomic E-state index is 5.03. The molecule has 0 atom stereocenters. The van der Waals surface area contributed by atoms with Crippen molar-refractivity contribution >= 4 is 63.8 Å². The fourth-order valence-corrected chi connectivity index (χ4v) is 9.40. The number of hydrogen-bond donors (Lipinski definition) is 0. The number of rotatable bonds is 5. The highest BCUT2D eigenvalue weighted by Gasteiger charge is 2.18. The highest BCUT2D eigenvalue weighted by atomic mass is 32.1. The molecule has 0 aliphatic heterocycles. The lowest BCUT2D eigenvalue weighted by Crippen LogP contribution is -2.00. The van der Waals surface area contributed by atoms with Crippen LogP contribution in [0.1, 0.15) is 0 Å². The number of aromatic nitrogens is 3. The lowest BCUT2D eigenvalue weighted by molar-refractivity contribution is 1.07. The molecular formula is C51H31N3S. The van der Waals surface area contributed by atoms with E-state index in [4.69, 9.17) is 15.0 Å². The molecular weight excluding hydrogens is 687 g/mol. The molecule has 9 aromatic carbocycles. The SMILES string of the molecule is c1ccc(-c2nc(-c3ccccc3)nc(-c3cccc(-c4ccc(-c5ccc6c7ccccc7c7ccccc7c6c5)c5c4sc4ccccc45)c3)n2)cc1. The van der Waals surface area contributed by atoms with Gasteiger partial charge in [0, 0.05) is 36.9 Å². The first-order valence-electron chi connectivity index (χ1n) is 18.5. The van der Waals surface area contributed by atoms with Crippen LogP contribution in [0.25, 0.3) is 109 Å². The molecule has 0 unspecified atom stereocenters. The highest BCUT2D eigenvalue weighted by molar-refractivity contribution is 7.26. The van der Waals surface area contributed by atoms with Crippen LogP contribution >= 0.6 is 11.3 Å². The summed E-state index contributed by atoms with van der Waals surface area (Å²) in [7, 11) is 0. The molecule has 0 N–H and O–H groups in total. The van der Waals surface area contributed by atoms with E-state index in [1.54, 1.807) is 0 Å². The van der Waals surface area contributed by atoms with E-state index in [-0.39, 0.29) is 0 Å². The summed E-state index contributed by atoms with van der Waals surface area (Å²) in [6.07, 6.45) is 0. The van der Waals surface area contributed by atoms with Gasteiger partial charge in [0.1, 0.15) is 0 Å². The van der Waals surface area contributed by atoms with Crippen molar-refractivity contribution < 1.29 is 0 Å². The third kappa shape index (κ3) is 5.30. The maximum Gasteiger partial charge on any atom is 0.164 e. The lowest BCUT2D eigenvalue weighted by Gasteiger charge is -2.14. The normalized spacial score (nSPS) is 11.6. The summed E-state index contributed by atoms with van der Waals surface area (Å²) in [5.41, 5.74) is 7.63. The molecule has 55 heavy (non-hydrogen) atoms. The van der Waals surface area contributed by atoms with Gasteiger partial charge >= 0.3 is 0 Å². The Hall–Kier alpha value is -7.01. The zero-order valence-electron chi connectivity index (χ0n) is 29.6. The van der Waals surface area contributed by atoms with Crippen LogP contribution in [0.15, 0.2) is 188 Å². The highest BCUT2D eigenvalue weighted by Crippen LogP contribution is 2.46. The fraction of sp³-hybridized carbons (Fsp3) is 0. The number of thiophene rings is 1. The van der Waals surface area contributed by atoms with E-state index >= 15 is 0 Å². The molecule has 256 valence electrons. The second-order valence-electron chi connectivity index (χ2n) is 13.9. The molecule has 0 fully saturated rings. The number of fused-ring (bicyclic) bond motifs is 9. The van der Waals surface area contributed by atoms with Crippen LogP contribution in [-0.2, 0) is 0 Å². The van der Waals surface area contributed by atoms with Crippen molar-refractivity contribution in [3.05, 3.63) is 188 Å². The third-order valence-electron chi connectivity index (χ3n) is 10.7. The van der Waals surface area contributed by atoms with Gasteiger partial charge in [-0.1, -0.05) is 170 Å². The third-order valence-corrected chi connectivity index (χ3v) is 11.9. The van der Waals surface area contributed by atoms with E-state index in [0.717, 1.165) is 22.3 Å². The predicted molar refractivity (Wildman–Crippen MR) is 232 cm³/mol. The largest absolute Gasteiger partial charge is 0.208 e. The van der Waals surface area contributed by atoms with Gasteiger partial charge in [0.05, 0.1) is 0 Å². The zero-order chi connectivity index (χ0) is 36.3. The van der Waals surface area contributed by atoms with Crippen LogP contribution in [0.5, 0.6) is 0 Å². The second-order valence-corrected chi connectivity index (χ2v) is 15.0. The molecule has 0 bridgehead atoms. The van der Waals surface area contributed by atoms with E-state index in [0.29, 0.717) is 17.5 Å². The van der Waals surface area contributed by atoms with Crippen molar-refractivity contribution in [2.45, 2.75) is 0 Å². The summed E-state index contributed by atoms with van der Waals surface area (Å²) >= 11 is 1.86. The van der Waals surface area contributed by atoms with E-state index in [1.807, 2.05) is 72.0 Å². The number of nitrogens with zero attached hydrogens (tertiary/aromatic N) is 3. The minimum absolute atomic E-state index is 0.648. The molecule has 2 heterocycles. The van der Waals surface area contributed by atoms with Crippen molar-refractivity contribution in [1.29, 1.82) is 0 Å². The first-order chi connectivity index (χ1) is 27.3. The second kappa shape index (κ2) is 12.8. The summed E-state index contributed by atoms with van der Waals surface area (Å²) in [5, 5.41) is 10.3. The van der Waals surface area contributed by atoms with E-state index in [2.05, 4.69) is 127 Å². The minimum atomic E-state index is 0.648. The summed E-state index contributed by atoms with van der Waals surface area (Å²) in [6.45, 7) is 0. The monoisotopic (exact) mass is 717 g/mol. The van der Waals surface area contributed by atoms with E-state index in [1.165, 1.54) is 69.2 Å². The van der Waals surface area contributed by atoms with Crippen molar-refractivity contribution in [1.82, 2.24) is 15.0 Å². The molecule has 0 amide bonds. The molecule has 4 heteroatoms. The number of hydrogen-bond acceptors (Lipinski definition) is 4. The molecule has 2 aromatic heterocycles. The van der Waals surface area contributed by atoms with E-state index in [9.17, 15) is 0 Å². The van der Waals surface area contributed by atoms with Crippen LogP contribution in [0.3, 0.4) is 0 Å². The van der Waals surface area contributed by atoms with Crippen molar-refractivity contribution in [3.8, 4) is 56.4 Å². The van der Waals surface area contributed by atoms with Crippen molar-refractivity contribution in [2.24, 2.45) is 0 Å². The average Bonchev–Trinajstić information content (AvgIpc) is 3.66. The van der Waals surface area contributed by atoms with Crippen LogP contribution < -0.4 is 0 Å².